The first-order valence-corrected chi connectivity index (χ1v) is 7.38. The van der Waals surface area contributed by atoms with E-state index in [0.29, 0.717) is 0 Å². The van der Waals surface area contributed by atoms with Crippen molar-refractivity contribution < 1.29 is 9.64 Å². The Labute approximate surface area is 111 Å². The summed E-state index contributed by atoms with van der Waals surface area (Å²) in [4.78, 5) is 1.81. The predicted molar refractivity (Wildman–Crippen MR) is 75.2 cm³/mol. The zero-order valence-corrected chi connectivity index (χ0v) is 11.5. The van der Waals surface area contributed by atoms with Crippen LogP contribution >= 0.6 is 0 Å². The van der Waals surface area contributed by atoms with E-state index in [2.05, 4.69) is 6.92 Å². The Kier molecular flexibility index (Phi) is 5.53. The summed E-state index contributed by atoms with van der Waals surface area (Å²) < 4.78 is 5.71. The molecule has 1 aliphatic rings. The Morgan fingerprint density at radius 2 is 2.00 bits per heavy atom. The number of unbranched alkanes of at least 4 members (excludes halogenated alkanes) is 1. The number of benzene rings is 1. The Bertz CT molecular complexity index is 325. The quantitative estimate of drug-likeness (QED) is 0.763. The van der Waals surface area contributed by atoms with E-state index in [0.717, 1.165) is 18.4 Å². The Morgan fingerprint density at radius 3 is 2.78 bits per heavy atom. The molecule has 1 aliphatic heterocycles. The monoisotopic (exact) mass is 248 g/mol. The van der Waals surface area contributed by atoms with Crippen LogP contribution in [0.1, 0.15) is 39.0 Å². The van der Waals surface area contributed by atoms with Crippen LogP contribution in [-0.2, 0) is 0 Å². The van der Waals surface area contributed by atoms with Crippen LogP contribution in [0.2, 0.25) is 0 Å². The number of hydrogen-bond acceptors (Lipinski definition) is 1. The zero-order valence-electron chi connectivity index (χ0n) is 11.5. The maximum absolute atomic E-state index is 5.71. The fourth-order valence-electron chi connectivity index (χ4n) is 2.79. The van der Waals surface area contributed by atoms with Gasteiger partial charge in [0.1, 0.15) is 5.75 Å². The van der Waals surface area contributed by atoms with Gasteiger partial charge in [-0.15, -0.1) is 0 Å². The van der Waals surface area contributed by atoms with Gasteiger partial charge in [0.05, 0.1) is 25.7 Å². The summed E-state index contributed by atoms with van der Waals surface area (Å²) in [6.45, 7) is 5.95. The standard InChI is InChI=1S/C16H25NO/c1-15-9-5-6-12-17(15)13-7-8-14-18-16-10-3-2-4-11-16/h2-4,10-11,15H,5-9,12-14H2,1H3/p+1/t15-/m0/s1. The fourth-order valence-corrected chi connectivity index (χ4v) is 2.79. The third-order valence-electron chi connectivity index (χ3n) is 3.99. The van der Waals surface area contributed by atoms with E-state index in [1.54, 1.807) is 4.90 Å². The Hall–Kier alpha value is -1.02. The van der Waals surface area contributed by atoms with Gasteiger partial charge in [0, 0.05) is 0 Å². The molecule has 1 heterocycles. The minimum absolute atomic E-state index is 0.853. The smallest absolute Gasteiger partial charge is 0.119 e. The van der Waals surface area contributed by atoms with E-state index in [-0.39, 0.29) is 0 Å². The van der Waals surface area contributed by atoms with Crippen molar-refractivity contribution in [2.24, 2.45) is 0 Å². The van der Waals surface area contributed by atoms with Crippen LogP contribution in [0.4, 0.5) is 0 Å². The second kappa shape index (κ2) is 7.42. The summed E-state index contributed by atoms with van der Waals surface area (Å²) >= 11 is 0. The highest BCUT2D eigenvalue weighted by molar-refractivity contribution is 5.20. The highest BCUT2D eigenvalue weighted by atomic mass is 16.5. The molecule has 1 saturated heterocycles. The van der Waals surface area contributed by atoms with E-state index >= 15 is 0 Å². The first-order valence-electron chi connectivity index (χ1n) is 7.38. The molecule has 2 rings (SSSR count). The topological polar surface area (TPSA) is 13.7 Å². The second-order valence-electron chi connectivity index (χ2n) is 5.42. The van der Waals surface area contributed by atoms with Crippen molar-refractivity contribution >= 4 is 0 Å². The van der Waals surface area contributed by atoms with Crippen LogP contribution in [0.5, 0.6) is 5.75 Å². The molecular formula is C16H26NO+. The summed E-state index contributed by atoms with van der Waals surface area (Å²) in [5.41, 5.74) is 0. The average Bonchev–Trinajstić information content (AvgIpc) is 2.42. The molecule has 1 aromatic carbocycles. The van der Waals surface area contributed by atoms with Crippen molar-refractivity contribution in [2.45, 2.75) is 45.1 Å². The molecule has 0 radical (unpaired) electrons. The molecule has 1 unspecified atom stereocenters. The number of likely N-dealkylation sites (tertiary alicyclic amines) is 1. The number of quaternary nitrogens is 1. The summed E-state index contributed by atoms with van der Waals surface area (Å²) in [5, 5.41) is 0. The highest BCUT2D eigenvalue weighted by Crippen LogP contribution is 2.08. The summed E-state index contributed by atoms with van der Waals surface area (Å²) in [6.07, 6.45) is 6.72. The van der Waals surface area contributed by atoms with Crippen LogP contribution in [0.15, 0.2) is 30.3 Å². The number of ether oxygens (including phenoxy) is 1. The number of hydrogen-bond donors (Lipinski definition) is 1. The molecule has 1 aromatic rings. The van der Waals surface area contributed by atoms with Crippen LogP contribution in [0, 0.1) is 0 Å². The van der Waals surface area contributed by atoms with Gasteiger partial charge >= 0.3 is 0 Å². The van der Waals surface area contributed by atoms with Crippen LogP contribution in [0.25, 0.3) is 0 Å². The largest absolute Gasteiger partial charge is 0.494 e. The first-order chi connectivity index (χ1) is 8.86. The molecule has 2 nitrogen and oxygen atoms in total. The van der Waals surface area contributed by atoms with Gasteiger partial charge < -0.3 is 9.64 Å². The number of nitrogens with one attached hydrogen (secondary N) is 1. The average molecular weight is 248 g/mol. The number of rotatable bonds is 6. The van der Waals surface area contributed by atoms with Gasteiger partial charge in [-0.3, -0.25) is 0 Å². The summed E-state index contributed by atoms with van der Waals surface area (Å²) in [5.74, 6) is 0.996. The fraction of sp³-hybridized carbons (Fsp3) is 0.625. The number of piperidine rings is 1. The minimum atomic E-state index is 0.853. The predicted octanol–water partition coefficient (Wildman–Crippen LogP) is 2.30. The SMILES string of the molecule is C[C@H]1CCCC[NH+]1CCCCOc1ccccc1. The van der Waals surface area contributed by atoms with Crippen molar-refractivity contribution in [1.29, 1.82) is 0 Å². The van der Waals surface area contributed by atoms with Gasteiger partial charge in [-0.2, -0.15) is 0 Å². The summed E-state index contributed by atoms with van der Waals surface area (Å²) in [6, 6.07) is 11.0. The lowest BCUT2D eigenvalue weighted by Gasteiger charge is -2.30. The third-order valence-corrected chi connectivity index (χ3v) is 3.99. The molecule has 0 spiro atoms. The van der Waals surface area contributed by atoms with Gasteiger partial charge in [0.2, 0.25) is 0 Å². The first kappa shape index (κ1) is 13.4. The van der Waals surface area contributed by atoms with Gasteiger partial charge in [-0.05, 0) is 51.2 Å². The van der Waals surface area contributed by atoms with Crippen molar-refractivity contribution in [2.75, 3.05) is 19.7 Å². The molecule has 100 valence electrons. The second-order valence-corrected chi connectivity index (χ2v) is 5.42. The van der Waals surface area contributed by atoms with Crippen molar-refractivity contribution in [3.63, 3.8) is 0 Å². The molecule has 0 aliphatic carbocycles. The molecule has 0 aromatic heterocycles. The van der Waals surface area contributed by atoms with E-state index in [1.165, 1.54) is 45.2 Å². The maximum Gasteiger partial charge on any atom is 0.119 e. The summed E-state index contributed by atoms with van der Waals surface area (Å²) in [7, 11) is 0. The minimum Gasteiger partial charge on any atom is -0.494 e. The van der Waals surface area contributed by atoms with E-state index in [9.17, 15) is 0 Å². The lowest BCUT2D eigenvalue weighted by atomic mass is 10.0. The lowest BCUT2D eigenvalue weighted by Crippen LogP contribution is -3.16. The zero-order chi connectivity index (χ0) is 12.6. The molecular weight excluding hydrogens is 222 g/mol. The molecule has 0 bridgehead atoms. The maximum atomic E-state index is 5.71. The van der Waals surface area contributed by atoms with E-state index in [4.69, 9.17) is 4.74 Å². The Balaban J connectivity index is 1.56. The van der Waals surface area contributed by atoms with Crippen molar-refractivity contribution in [1.82, 2.24) is 0 Å². The van der Waals surface area contributed by atoms with Gasteiger partial charge in [-0.1, -0.05) is 18.2 Å². The van der Waals surface area contributed by atoms with Gasteiger partial charge in [0.15, 0.2) is 0 Å². The molecule has 2 atom stereocenters. The third kappa shape index (κ3) is 4.34. The van der Waals surface area contributed by atoms with Gasteiger partial charge in [-0.25, -0.2) is 0 Å². The molecule has 1 N–H and O–H groups in total. The molecule has 0 saturated carbocycles. The van der Waals surface area contributed by atoms with Crippen LogP contribution < -0.4 is 9.64 Å². The van der Waals surface area contributed by atoms with E-state index in [1.807, 2.05) is 30.3 Å². The lowest BCUT2D eigenvalue weighted by molar-refractivity contribution is -0.928. The number of para-hydroxylation sites is 1. The Morgan fingerprint density at radius 1 is 1.17 bits per heavy atom. The molecule has 0 amide bonds. The highest BCUT2D eigenvalue weighted by Gasteiger charge is 2.20. The van der Waals surface area contributed by atoms with E-state index < -0.39 is 0 Å². The van der Waals surface area contributed by atoms with Crippen LogP contribution in [0.3, 0.4) is 0 Å². The molecule has 18 heavy (non-hydrogen) atoms. The molecule has 2 heteroatoms. The van der Waals surface area contributed by atoms with Gasteiger partial charge in [0.25, 0.3) is 0 Å². The molecule has 1 fully saturated rings. The van der Waals surface area contributed by atoms with Crippen LogP contribution in [-0.4, -0.2) is 25.7 Å². The van der Waals surface area contributed by atoms with Crippen molar-refractivity contribution in [3.05, 3.63) is 30.3 Å². The normalized spacial score (nSPS) is 23.8. The van der Waals surface area contributed by atoms with Crippen molar-refractivity contribution in [3.8, 4) is 5.75 Å².